The lowest BCUT2D eigenvalue weighted by Crippen LogP contribution is -2.50. The van der Waals surface area contributed by atoms with Gasteiger partial charge in [0.2, 0.25) is 0 Å². The average molecular weight is 201 g/mol. The van der Waals surface area contributed by atoms with Crippen LogP contribution in [0.25, 0.3) is 0 Å². The Morgan fingerprint density at radius 2 is 1.71 bits per heavy atom. The predicted molar refractivity (Wildman–Crippen MR) is 58.3 cm³/mol. The van der Waals surface area contributed by atoms with Gasteiger partial charge in [-0.1, -0.05) is 20.8 Å². The van der Waals surface area contributed by atoms with Crippen LogP contribution in [-0.4, -0.2) is 29.7 Å². The summed E-state index contributed by atoms with van der Waals surface area (Å²) in [4.78, 5) is 13.0. The van der Waals surface area contributed by atoms with E-state index in [0.717, 1.165) is 13.1 Å². The van der Waals surface area contributed by atoms with Crippen molar-refractivity contribution < 1.29 is 9.53 Å². The quantitative estimate of drug-likeness (QED) is 0.603. The number of ether oxygens (including phenoxy) is 1. The molecule has 1 aliphatic heterocycles. The zero-order valence-corrected chi connectivity index (χ0v) is 10.3. The van der Waals surface area contributed by atoms with Gasteiger partial charge in [-0.2, -0.15) is 0 Å². The van der Waals surface area contributed by atoms with Crippen LogP contribution in [0.3, 0.4) is 0 Å². The van der Waals surface area contributed by atoms with E-state index in [1.807, 2.05) is 34.6 Å². The fourth-order valence-electron chi connectivity index (χ4n) is 1.17. The highest BCUT2D eigenvalue weighted by molar-refractivity contribution is 5.69. The molecule has 0 unspecified atom stereocenters. The molecule has 3 nitrogen and oxygen atoms in total. The van der Waals surface area contributed by atoms with Crippen molar-refractivity contribution >= 4 is 6.09 Å². The third kappa shape index (κ3) is 4.49. The van der Waals surface area contributed by atoms with E-state index in [-0.39, 0.29) is 11.7 Å². The van der Waals surface area contributed by atoms with Crippen LogP contribution in [-0.2, 0) is 4.74 Å². The molecule has 1 heterocycles. The molecule has 14 heavy (non-hydrogen) atoms. The monoisotopic (exact) mass is 201 g/mol. The Morgan fingerprint density at radius 1 is 1.29 bits per heavy atom. The van der Waals surface area contributed by atoms with Crippen LogP contribution in [0, 0.1) is 5.92 Å². The minimum Gasteiger partial charge on any atom is -0.444 e. The second-order valence-corrected chi connectivity index (χ2v) is 4.49. The number of nitrogens with zero attached hydrogens (tertiary/aromatic N) is 1. The number of hydrogen-bond acceptors (Lipinski definition) is 2. The SMILES string of the molecule is CC.CC1CN(C(=O)OC(C)(C)C)C1. The second-order valence-electron chi connectivity index (χ2n) is 4.49. The molecule has 1 aliphatic rings. The molecule has 1 rings (SSSR count). The Balaban J connectivity index is 0.000000791. The van der Waals surface area contributed by atoms with Gasteiger partial charge >= 0.3 is 6.09 Å². The molecule has 0 spiro atoms. The summed E-state index contributed by atoms with van der Waals surface area (Å²) in [5.41, 5.74) is -0.365. The minimum atomic E-state index is -0.365. The van der Waals surface area contributed by atoms with Crippen LogP contribution < -0.4 is 0 Å². The van der Waals surface area contributed by atoms with E-state index in [9.17, 15) is 4.79 Å². The van der Waals surface area contributed by atoms with Crippen molar-refractivity contribution in [2.45, 2.75) is 47.1 Å². The Bertz CT molecular complexity index is 178. The standard InChI is InChI=1S/C9H17NO2.C2H6/c1-7-5-10(6-7)8(11)12-9(2,3)4;1-2/h7H,5-6H2,1-4H3;1-2H3. The highest BCUT2D eigenvalue weighted by Crippen LogP contribution is 2.18. The first kappa shape index (κ1) is 13.3. The van der Waals surface area contributed by atoms with Gasteiger partial charge in [-0.3, -0.25) is 0 Å². The molecule has 0 radical (unpaired) electrons. The summed E-state index contributed by atoms with van der Waals surface area (Å²) in [6, 6.07) is 0. The van der Waals surface area contributed by atoms with E-state index in [4.69, 9.17) is 4.74 Å². The molecule has 1 fully saturated rings. The summed E-state index contributed by atoms with van der Waals surface area (Å²) in [5.74, 6) is 0.637. The predicted octanol–water partition coefficient (Wildman–Crippen LogP) is 2.90. The van der Waals surface area contributed by atoms with Crippen LogP contribution in [0.4, 0.5) is 4.79 Å². The molecular formula is C11H23NO2. The minimum absolute atomic E-state index is 0.180. The van der Waals surface area contributed by atoms with Crippen LogP contribution in [0.2, 0.25) is 0 Å². The lowest BCUT2D eigenvalue weighted by molar-refractivity contribution is 0.00153. The van der Waals surface area contributed by atoms with Crippen LogP contribution in [0.5, 0.6) is 0 Å². The van der Waals surface area contributed by atoms with Crippen molar-refractivity contribution in [2.75, 3.05) is 13.1 Å². The van der Waals surface area contributed by atoms with Gasteiger partial charge in [0.15, 0.2) is 0 Å². The molecule has 0 bridgehead atoms. The summed E-state index contributed by atoms with van der Waals surface area (Å²) in [5, 5.41) is 0. The van der Waals surface area contributed by atoms with E-state index in [1.165, 1.54) is 0 Å². The van der Waals surface area contributed by atoms with Gasteiger partial charge in [0.25, 0.3) is 0 Å². The summed E-state index contributed by atoms with van der Waals surface area (Å²) in [7, 11) is 0. The lowest BCUT2D eigenvalue weighted by atomic mass is 10.0. The third-order valence-corrected chi connectivity index (χ3v) is 1.72. The molecule has 84 valence electrons. The molecule has 0 saturated carbocycles. The average Bonchev–Trinajstić information content (AvgIpc) is 1.99. The van der Waals surface area contributed by atoms with Crippen molar-refractivity contribution in [3.05, 3.63) is 0 Å². The zero-order chi connectivity index (χ0) is 11.4. The maximum atomic E-state index is 11.3. The highest BCUT2D eigenvalue weighted by atomic mass is 16.6. The number of amides is 1. The second kappa shape index (κ2) is 5.23. The molecule has 1 amide bonds. The van der Waals surface area contributed by atoms with E-state index in [0.29, 0.717) is 5.92 Å². The van der Waals surface area contributed by atoms with Gasteiger partial charge < -0.3 is 9.64 Å². The summed E-state index contributed by atoms with van der Waals surface area (Å²) >= 11 is 0. The van der Waals surface area contributed by atoms with Crippen LogP contribution >= 0.6 is 0 Å². The Labute approximate surface area is 87.4 Å². The van der Waals surface area contributed by atoms with Gasteiger partial charge in [0.05, 0.1) is 0 Å². The molecule has 1 saturated heterocycles. The van der Waals surface area contributed by atoms with Gasteiger partial charge in [0, 0.05) is 13.1 Å². The van der Waals surface area contributed by atoms with Gasteiger partial charge in [-0.05, 0) is 26.7 Å². The highest BCUT2D eigenvalue weighted by Gasteiger charge is 2.30. The number of hydrogen-bond donors (Lipinski definition) is 0. The molecule has 0 aliphatic carbocycles. The summed E-state index contributed by atoms with van der Waals surface area (Å²) in [6.07, 6.45) is -0.180. The van der Waals surface area contributed by atoms with Crippen molar-refractivity contribution in [3.63, 3.8) is 0 Å². The van der Waals surface area contributed by atoms with E-state index in [2.05, 4.69) is 6.92 Å². The largest absolute Gasteiger partial charge is 0.444 e. The summed E-state index contributed by atoms with van der Waals surface area (Å²) < 4.78 is 5.18. The Kier molecular flexibility index (Phi) is 4.95. The number of carbonyl (C=O) groups is 1. The van der Waals surface area contributed by atoms with Crippen LogP contribution in [0.15, 0.2) is 0 Å². The Morgan fingerprint density at radius 3 is 2.00 bits per heavy atom. The molecule has 0 N–H and O–H groups in total. The molecule has 0 atom stereocenters. The zero-order valence-electron chi connectivity index (χ0n) is 10.3. The first-order valence-electron chi connectivity index (χ1n) is 5.36. The molecule has 3 heteroatoms. The number of likely N-dealkylation sites (tertiary alicyclic amines) is 1. The molecule has 0 aromatic heterocycles. The Hall–Kier alpha value is -0.730. The van der Waals surface area contributed by atoms with Gasteiger partial charge in [-0.25, -0.2) is 4.79 Å². The number of rotatable bonds is 0. The third-order valence-electron chi connectivity index (χ3n) is 1.72. The molecular weight excluding hydrogens is 178 g/mol. The van der Waals surface area contributed by atoms with Gasteiger partial charge in [-0.15, -0.1) is 0 Å². The first-order valence-corrected chi connectivity index (χ1v) is 5.36. The molecule has 0 aromatic rings. The fraction of sp³-hybridized carbons (Fsp3) is 0.909. The van der Waals surface area contributed by atoms with Crippen LogP contribution in [0.1, 0.15) is 41.5 Å². The fourth-order valence-corrected chi connectivity index (χ4v) is 1.17. The van der Waals surface area contributed by atoms with Crippen molar-refractivity contribution in [1.29, 1.82) is 0 Å². The van der Waals surface area contributed by atoms with Crippen molar-refractivity contribution in [1.82, 2.24) is 4.90 Å². The number of carbonyl (C=O) groups excluding carboxylic acids is 1. The normalized spacial score (nSPS) is 16.6. The molecule has 0 aromatic carbocycles. The van der Waals surface area contributed by atoms with Gasteiger partial charge in [0.1, 0.15) is 5.60 Å². The van der Waals surface area contributed by atoms with Crippen molar-refractivity contribution in [3.8, 4) is 0 Å². The van der Waals surface area contributed by atoms with E-state index >= 15 is 0 Å². The lowest BCUT2D eigenvalue weighted by Gasteiger charge is -2.37. The van der Waals surface area contributed by atoms with E-state index < -0.39 is 0 Å². The maximum Gasteiger partial charge on any atom is 0.410 e. The summed E-state index contributed by atoms with van der Waals surface area (Å²) in [6.45, 7) is 13.5. The topological polar surface area (TPSA) is 29.5 Å². The maximum absolute atomic E-state index is 11.3. The first-order chi connectivity index (χ1) is 6.38. The smallest absolute Gasteiger partial charge is 0.410 e. The van der Waals surface area contributed by atoms with Crippen molar-refractivity contribution in [2.24, 2.45) is 5.92 Å². The van der Waals surface area contributed by atoms with E-state index in [1.54, 1.807) is 4.90 Å².